The third kappa shape index (κ3) is 3.22. The van der Waals surface area contributed by atoms with Crippen LogP contribution in [0.5, 0.6) is 0 Å². The van der Waals surface area contributed by atoms with Crippen molar-refractivity contribution in [2.24, 2.45) is 11.3 Å². The molecule has 1 amide bonds. The summed E-state index contributed by atoms with van der Waals surface area (Å²) in [7, 11) is 0. The second-order valence-electron chi connectivity index (χ2n) is 4.98. The molecule has 4 nitrogen and oxygen atoms in total. The maximum Gasteiger partial charge on any atom is 0.318 e. The van der Waals surface area contributed by atoms with Gasteiger partial charge in [-0.15, -0.1) is 0 Å². The summed E-state index contributed by atoms with van der Waals surface area (Å²) in [4.78, 5) is 22.4. The number of carbonyl (C=O) groups is 2. The van der Waals surface area contributed by atoms with Crippen LogP contribution in [-0.4, -0.2) is 23.0 Å². The second-order valence-corrected chi connectivity index (χ2v) is 4.98. The van der Waals surface area contributed by atoms with Gasteiger partial charge in [0, 0.05) is 6.04 Å². The summed E-state index contributed by atoms with van der Waals surface area (Å²) in [6.45, 7) is 4.77. The molecular weight excluding hydrogens is 194 g/mol. The van der Waals surface area contributed by atoms with Crippen molar-refractivity contribution in [3.63, 3.8) is 0 Å². The number of amides is 1. The lowest BCUT2D eigenvalue weighted by molar-refractivity contribution is -0.153. The Balaban J connectivity index is 2.42. The predicted molar refractivity (Wildman–Crippen MR) is 56.4 cm³/mol. The van der Waals surface area contributed by atoms with Crippen LogP contribution in [0.1, 0.15) is 40.0 Å². The van der Waals surface area contributed by atoms with Crippen molar-refractivity contribution in [3.8, 4) is 0 Å². The minimum Gasteiger partial charge on any atom is -0.480 e. The average molecular weight is 213 g/mol. The minimum atomic E-state index is -1.34. The fourth-order valence-electron chi connectivity index (χ4n) is 1.41. The molecule has 15 heavy (non-hydrogen) atoms. The number of hydrogen-bond donors (Lipinski definition) is 2. The zero-order valence-electron chi connectivity index (χ0n) is 9.54. The lowest BCUT2D eigenvalue weighted by Gasteiger charge is -2.21. The highest BCUT2D eigenvalue weighted by molar-refractivity contribution is 6.01. The van der Waals surface area contributed by atoms with E-state index < -0.39 is 17.3 Å². The van der Waals surface area contributed by atoms with Crippen molar-refractivity contribution >= 4 is 11.9 Å². The Morgan fingerprint density at radius 1 is 1.47 bits per heavy atom. The van der Waals surface area contributed by atoms with Crippen LogP contribution in [0, 0.1) is 11.3 Å². The van der Waals surface area contributed by atoms with Gasteiger partial charge in [0.2, 0.25) is 5.91 Å². The summed E-state index contributed by atoms with van der Waals surface area (Å²) in [5, 5.41) is 11.6. The Morgan fingerprint density at radius 2 is 2.00 bits per heavy atom. The molecule has 0 heterocycles. The molecule has 0 radical (unpaired) electrons. The van der Waals surface area contributed by atoms with Crippen LogP contribution >= 0.6 is 0 Å². The summed E-state index contributed by atoms with van der Waals surface area (Å²) in [5.74, 6) is -0.755. The van der Waals surface area contributed by atoms with Gasteiger partial charge in [-0.25, -0.2) is 0 Å². The standard InChI is InChI=1S/C11H19NO3/c1-7(6-8-4-5-8)12-9(13)11(2,3)10(14)15/h7-8H,4-6H2,1-3H3,(H,12,13)(H,14,15). The first-order valence-electron chi connectivity index (χ1n) is 5.38. The first kappa shape index (κ1) is 12.0. The average Bonchev–Trinajstić information content (AvgIpc) is 2.87. The van der Waals surface area contributed by atoms with E-state index in [9.17, 15) is 9.59 Å². The van der Waals surface area contributed by atoms with Crippen LogP contribution in [-0.2, 0) is 9.59 Å². The molecule has 0 aromatic carbocycles. The van der Waals surface area contributed by atoms with Crippen LogP contribution in [0.15, 0.2) is 0 Å². The molecular formula is C11H19NO3. The fraction of sp³-hybridized carbons (Fsp3) is 0.818. The molecule has 0 spiro atoms. The van der Waals surface area contributed by atoms with Crippen LogP contribution in [0.2, 0.25) is 0 Å². The first-order valence-corrected chi connectivity index (χ1v) is 5.38. The van der Waals surface area contributed by atoms with E-state index >= 15 is 0 Å². The summed E-state index contributed by atoms with van der Waals surface area (Å²) < 4.78 is 0. The molecule has 0 aromatic rings. The van der Waals surface area contributed by atoms with Gasteiger partial charge in [0.05, 0.1) is 0 Å². The smallest absolute Gasteiger partial charge is 0.318 e. The van der Waals surface area contributed by atoms with Gasteiger partial charge in [-0.1, -0.05) is 12.8 Å². The van der Waals surface area contributed by atoms with E-state index in [1.807, 2.05) is 6.92 Å². The van der Waals surface area contributed by atoms with Gasteiger partial charge in [0.1, 0.15) is 5.41 Å². The third-order valence-electron chi connectivity index (χ3n) is 2.86. The SMILES string of the molecule is CC(CC1CC1)NC(=O)C(C)(C)C(=O)O. The number of carboxylic acids is 1. The number of carboxylic acid groups (broad SMARTS) is 1. The molecule has 0 bridgehead atoms. The van der Waals surface area contributed by atoms with Gasteiger partial charge >= 0.3 is 5.97 Å². The highest BCUT2D eigenvalue weighted by Gasteiger charge is 2.37. The normalized spacial score (nSPS) is 18.3. The molecule has 86 valence electrons. The van der Waals surface area contributed by atoms with Gasteiger partial charge in [-0.05, 0) is 33.1 Å². The van der Waals surface area contributed by atoms with Crippen LogP contribution in [0.3, 0.4) is 0 Å². The summed E-state index contributed by atoms with van der Waals surface area (Å²) >= 11 is 0. The highest BCUT2D eigenvalue weighted by Crippen LogP contribution is 2.33. The van der Waals surface area contributed by atoms with Crippen molar-refractivity contribution in [3.05, 3.63) is 0 Å². The fourth-order valence-corrected chi connectivity index (χ4v) is 1.41. The molecule has 2 N–H and O–H groups in total. The van der Waals surface area contributed by atoms with Gasteiger partial charge in [0.25, 0.3) is 0 Å². The minimum absolute atomic E-state index is 0.0728. The topological polar surface area (TPSA) is 66.4 Å². The largest absolute Gasteiger partial charge is 0.480 e. The van der Waals surface area contributed by atoms with E-state index in [0.29, 0.717) is 0 Å². The van der Waals surface area contributed by atoms with Crippen molar-refractivity contribution in [1.29, 1.82) is 0 Å². The van der Waals surface area contributed by atoms with Gasteiger partial charge in [0.15, 0.2) is 0 Å². The molecule has 0 aliphatic heterocycles. The Kier molecular flexibility index (Phi) is 3.37. The van der Waals surface area contributed by atoms with Gasteiger partial charge < -0.3 is 10.4 Å². The van der Waals surface area contributed by atoms with E-state index in [-0.39, 0.29) is 6.04 Å². The number of hydrogen-bond acceptors (Lipinski definition) is 2. The van der Waals surface area contributed by atoms with Crippen LogP contribution < -0.4 is 5.32 Å². The van der Waals surface area contributed by atoms with Gasteiger partial charge in [-0.3, -0.25) is 9.59 Å². The zero-order valence-corrected chi connectivity index (χ0v) is 9.54. The molecule has 4 heteroatoms. The summed E-state index contributed by atoms with van der Waals surface area (Å²) in [6, 6.07) is 0.0728. The zero-order chi connectivity index (χ0) is 11.6. The molecule has 0 aromatic heterocycles. The maximum absolute atomic E-state index is 11.6. The second kappa shape index (κ2) is 4.21. The number of carbonyl (C=O) groups excluding carboxylic acids is 1. The lowest BCUT2D eigenvalue weighted by Crippen LogP contribution is -2.45. The monoisotopic (exact) mass is 213 g/mol. The summed E-state index contributed by atoms with van der Waals surface area (Å²) in [6.07, 6.45) is 3.44. The van der Waals surface area contributed by atoms with Crippen molar-refractivity contribution in [1.82, 2.24) is 5.32 Å². The lowest BCUT2D eigenvalue weighted by atomic mass is 9.92. The number of aliphatic carboxylic acids is 1. The molecule has 0 saturated heterocycles. The Hall–Kier alpha value is -1.06. The molecule has 1 atom stereocenters. The Morgan fingerprint density at radius 3 is 2.40 bits per heavy atom. The number of nitrogens with one attached hydrogen (secondary N) is 1. The van der Waals surface area contributed by atoms with E-state index in [1.165, 1.54) is 26.7 Å². The molecule has 1 unspecified atom stereocenters. The molecule has 1 fully saturated rings. The van der Waals surface area contributed by atoms with E-state index in [0.717, 1.165) is 12.3 Å². The first-order chi connectivity index (χ1) is 6.84. The Labute approximate surface area is 90.0 Å². The van der Waals surface area contributed by atoms with Gasteiger partial charge in [-0.2, -0.15) is 0 Å². The number of rotatable bonds is 5. The molecule has 1 aliphatic rings. The van der Waals surface area contributed by atoms with Crippen LogP contribution in [0.4, 0.5) is 0 Å². The highest BCUT2D eigenvalue weighted by atomic mass is 16.4. The Bertz CT molecular complexity index is 269. The third-order valence-corrected chi connectivity index (χ3v) is 2.86. The van der Waals surface area contributed by atoms with Crippen molar-refractivity contribution < 1.29 is 14.7 Å². The van der Waals surface area contributed by atoms with Crippen molar-refractivity contribution in [2.45, 2.75) is 46.1 Å². The van der Waals surface area contributed by atoms with Crippen LogP contribution in [0.25, 0.3) is 0 Å². The predicted octanol–water partition coefficient (Wildman–Crippen LogP) is 1.40. The van der Waals surface area contributed by atoms with E-state index in [1.54, 1.807) is 0 Å². The van der Waals surface area contributed by atoms with Crippen molar-refractivity contribution in [2.75, 3.05) is 0 Å². The molecule has 1 rings (SSSR count). The van der Waals surface area contributed by atoms with E-state index in [2.05, 4.69) is 5.32 Å². The molecule has 1 aliphatic carbocycles. The summed E-state index contributed by atoms with van der Waals surface area (Å²) in [5.41, 5.74) is -1.34. The molecule has 1 saturated carbocycles. The maximum atomic E-state index is 11.6. The quantitative estimate of drug-likeness (QED) is 0.678. The van der Waals surface area contributed by atoms with E-state index in [4.69, 9.17) is 5.11 Å².